The van der Waals surface area contributed by atoms with E-state index in [2.05, 4.69) is 10.1 Å². The molecule has 3 aromatic carbocycles. The number of fused-ring (bicyclic) bond motifs is 1. The second-order valence-electron chi connectivity index (χ2n) is 9.07. The smallest absolute Gasteiger partial charge is 0.303 e. The first-order valence-electron chi connectivity index (χ1n) is 11.9. The number of nitrogens with one attached hydrogen (secondary N) is 1. The van der Waals surface area contributed by atoms with Gasteiger partial charge in [-0.3, -0.25) is 14.4 Å². The molecular weight excluding hydrogens is 490 g/mol. The van der Waals surface area contributed by atoms with E-state index in [9.17, 15) is 14.4 Å². The molecule has 5 rings (SSSR count). The molecule has 0 radical (unpaired) electrons. The zero-order valence-electron chi connectivity index (χ0n) is 20.1. The number of hydrazone groups is 1. The summed E-state index contributed by atoms with van der Waals surface area (Å²) in [5.74, 6) is -1.47. The topological polar surface area (TPSA) is 103 Å². The summed E-state index contributed by atoms with van der Waals surface area (Å²) in [6, 6.07) is 22.1. The number of hydrogen-bond donors (Lipinski definition) is 2. The molecule has 0 saturated carbocycles. The van der Waals surface area contributed by atoms with Crippen LogP contribution in [0.4, 0.5) is 0 Å². The predicted octanol–water partition coefficient (Wildman–Crippen LogP) is 5.70. The summed E-state index contributed by atoms with van der Waals surface area (Å²) < 4.78 is 0. The van der Waals surface area contributed by atoms with Crippen molar-refractivity contribution in [3.05, 3.63) is 105 Å². The highest BCUT2D eigenvalue weighted by Crippen LogP contribution is 2.37. The van der Waals surface area contributed by atoms with E-state index in [-0.39, 0.29) is 18.4 Å². The molecule has 8 heteroatoms. The quantitative estimate of drug-likeness (QED) is 0.345. The van der Waals surface area contributed by atoms with Crippen molar-refractivity contribution >= 4 is 40.1 Å². The fourth-order valence-corrected chi connectivity index (χ4v) is 4.89. The van der Waals surface area contributed by atoms with E-state index in [1.165, 1.54) is 5.01 Å². The third-order valence-corrected chi connectivity index (χ3v) is 6.74. The van der Waals surface area contributed by atoms with E-state index in [1.54, 1.807) is 18.2 Å². The van der Waals surface area contributed by atoms with Crippen LogP contribution in [-0.2, 0) is 9.59 Å². The minimum absolute atomic E-state index is 0.191. The number of H-pyrrole nitrogens is 1. The maximum atomic E-state index is 13.5. The highest BCUT2D eigenvalue weighted by Gasteiger charge is 2.35. The Labute approximate surface area is 218 Å². The molecule has 1 aliphatic heterocycles. The predicted molar refractivity (Wildman–Crippen MR) is 144 cm³/mol. The lowest BCUT2D eigenvalue weighted by molar-refractivity contribution is -0.141. The van der Waals surface area contributed by atoms with E-state index < -0.39 is 17.9 Å². The van der Waals surface area contributed by atoms with Gasteiger partial charge in [0.1, 0.15) is 0 Å². The summed E-state index contributed by atoms with van der Waals surface area (Å²) >= 11 is 6.35. The van der Waals surface area contributed by atoms with Crippen molar-refractivity contribution in [3.63, 3.8) is 0 Å². The number of aryl methyl sites for hydroxylation is 1. The summed E-state index contributed by atoms with van der Waals surface area (Å²) in [5, 5.41) is 16.4. The van der Waals surface area contributed by atoms with Gasteiger partial charge < -0.3 is 10.1 Å². The Kier molecular flexibility index (Phi) is 6.63. The molecule has 4 aromatic rings. The molecule has 0 bridgehead atoms. The number of aromatic amines is 1. The van der Waals surface area contributed by atoms with Gasteiger partial charge in [0, 0.05) is 34.3 Å². The van der Waals surface area contributed by atoms with Crippen LogP contribution in [0.2, 0.25) is 5.02 Å². The Morgan fingerprint density at radius 2 is 1.76 bits per heavy atom. The van der Waals surface area contributed by atoms with Crippen molar-refractivity contribution in [1.82, 2.24) is 9.99 Å². The molecule has 1 unspecified atom stereocenters. The third-order valence-electron chi connectivity index (χ3n) is 6.51. The Balaban J connectivity index is 1.69. The number of nitrogens with zero attached hydrogens (tertiary/aromatic N) is 2. The number of amides is 1. The number of aliphatic carboxylic acids is 1. The van der Waals surface area contributed by atoms with Crippen LogP contribution >= 0.6 is 11.6 Å². The monoisotopic (exact) mass is 513 g/mol. The lowest BCUT2D eigenvalue weighted by Crippen LogP contribution is -2.27. The van der Waals surface area contributed by atoms with Gasteiger partial charge in [-0.1, -0.05) is 71.8 Å². The Morgan fingerprint density at radius 1 is 1.03 bits per heavy atom. The van der Waals surface area contributed by atoms with Gasteiger partial charge in [0.15, 0.2) is 0 Å². The summed E-state index contributed by atoms with van der Waals surface area (Å²) in [4.78, 5) is 40.7. The van der Waals surface area contributed by atoms with Crippen LogP contribution in [-0.4, -0.2) is 32.7 Å². The summed E-state index contributed by atoms with van der Waals surface area (Å²) in [7, 11) is 0. The fraction of sp³-hybridized carbons (Fsp3) is 0.172. The molecule has 1 amide bonds. The largest absolute Gasteiger partial charge is 0.481 e. The van der Waals surface area contributed by atoms with Gasteiger partial charge in [-0.2, -0.15) is 5.10 Å². The van der Waals surface area contributed by atoms with Gasteiger partial charge in [0.2, 0.25) is 5.91 Å². The number of halogens is 1. The van der Waals surface area contributed by atoms with Crippen LogP contribution in [0, 0.1) is 6.92 Å². The molecule has 37 heavy (non-hydrogen) atoms. The van der Waals surface area contributed by atoms with Gasteiger partial charge in [0.05, 0.1) is 23.7 Å². The highest BCUT2D eigenvalue weighted by molar-refractivity contribution is 6.31. The normalized spacial score (nSPS) is 15.1. The number of carboxylic acids is 1. The summed E-state index contributed by atoms with van der Waals surface area (Å²) in [6.45, 7) is 1.97. The zero-order valence-corrected chi connectivity index (χ0v) is 20.8. The van der Waals surface area contributed by atoms with Crippen molar-refractivity contribution in [2.24, 2.45) is 5.10 Å². The Morgan fingerprint density at radius 3 is 2.46 bits per heavy atom. The maximum Gasteiger partial charge on any atom is 0.303 e. The number of carboxylic acid groups (broad SMARTS) is 1. The molecule has 0 spiro atoms. The van der Waals surface area contributed by atoms with Crippen molar-refractivity contribution in [2.45, 2.75) is 32.2 Å². The summed E-state index contributed by atoms with van der Waals surface area (Å²) in [6.07, 6.45) is -0.189. The number of benzene rings is 3. The first-order chi connectivity index (χ1) is 17.8. The van der Waals surface area contributed by atoms with E-state index in [4.69, 9.17) is 16.7 Å². The third kappa shape index (κ3) is 4.90. The molecule has 2 N–H and O–H groups in total. The molecular formula is C29H24ClN3O4. The van der Waals surface area contributed by atoms with Gasteiger partial charge in [-0.15, -0.1) is 0 Å². The molecule has 0 fully saturated rings. The van der Waals surface area contributed by atoms with Crippen LogP contribution in [0.3, 0.4) is 0 Å². The average molecular weight is 514 g/mol. The van der Waals surface area contributed by atoms with E-state index in [0.29, 0.717) is 33.8 Å². The van der Waals surface area contributed by atoms with Gasteiger partial charge in [0.25, 0.3) is 5.56 Å². The minimum Gasteiger partial charge on any atom is -0.481 e. The average Bonchev–Trinajstić information content (AvgIpc) is 3.32. The van der Waals surface area contributed by atoms with Gasteiger partial charge in [-0.25, -0.2) is 5.01 Å². The number of carbonyl (C=O) groups is 2. The van der Waals surface area contributed by atoms with Crippen LogP contribution in [0.25, 0.3) is 22.0 Å². The van der Waals surface area contributed by atoms with E-state index in [1.807, 2.05) is 61.5 Å². The van der Waals surface area contributed by atoms with Crippen molar-refractivity contribution in [3.8, 4) is 11.1 Å². The number of pyridine rings is 1. The first-order valence-corrected chi connectivity index (χ1v) is 12.3. The standard InChI is InChI=1S/C29H24ClN3O4/c1-17-7-9-18(10-8-17)24-16-23(32-33(24)25(34)13-14-26(35)36)28-27(19-5-3-2-4-6-19)21-15-20(30)11-12-22(21)31-29(28)37/h2-12,15,24H,13-14,16H2,1H3,(H,31,37)(H,35,36). The lowest BCUT2D eigenvalue weighted by Gasteiger charge is -2.22. The maximum absolute atomic E-state index is 13.5. The van der Waals surface area contributed by atoms with E-state index in [0.717, 1.165) is 22.1 Å². The number of hydrogen-bond acceptors (Lipinski definition) is 4. The van der Waals surface area contributed by atoms with Crippen LogP contribution in [0.1, 0.15) is 42.0 Å². The Bertz CT molecular complexity index is 1590. The molecule has 0 aliphatic carbocycles. The Hall–Kier alpha value is -4.23. The minimum atomic E-state index is -1.06. The molecule has 1 aromatic heterocycles. The molecule has 1 aliphatic rings. The fourth-order valence-electron chi connectivity index (χ4n) is 4.71. The number of rotatable bonds is 6. The second-order valence-corrected chi connectivity index (χ2v) is 9.51. The zero-order chi connectivity index (χ0) is 26.1. The summed E-state index contributed by atoms with van der Waals surface area (Å²) in [5.41, 5.74) is 4.57. The molecule has 2 heterocycles. The highest BCUT2D eigenvalue weighted by atomic mass is 35.5. The SMILES string of the molecule is Cc1ccc(C2CC(c3c(-c4ccccc4)c4cc(Cl)ccc4[nH]c3=O)=NN2C(=O)CCC(=O)O)cc1. The lowest BCUT2D eigenvalue weighted by atomic mass is 9.91. The van der Waals surface area contributed by atoms with Gasteiger partial charge >= 0.3 is 5.97 Å². The van der Waals surface area contributed by atoms with Crippen molar-refractivity contribution < 1.29 is 14.7 Å². The first kappa shape index (κ1) is 24.5. The van der Waals surface area contributed by atoms with Crippen LogP contribution in [0.5, 0.6) is 0 Å². The molecule has 1 atom stereocenters. The van der Waals surface area contributed by atoms with Crippen molar-refractivity contribution in [1.29, 1.82) is 0 Å². The molecule has 186 valence electrons. The number of aromatic nitrogens is 1. The molecule has 0 saturated heterocycles. The second kappa shape index (κ2) is 10.0. The van der Waals surface area contributed by atoms with Gasteiger partial charge in [-0.05, 0) is 36.2 Å². The van der Waals surface area contributed by atoms with E-state index >= 15 is 0 Å². The van der Waals surface area contributed by atoms with Crippen LogP contribution in [0.15, 0.2) is 82.7 Å². The van der Waals surface area contributed by atoms with Crippen LogP contribution < -0.4 is 5.56 Å². The van der Waals surface area contributed by atoms with Crippen molar-refractivity contribution in [2.75, 3.05) is 0 Å². The molecule has 7 nitrogen and oxygen atoms in total. The number of carbonyl (C=O) groups excluding carboxylic acids is 1.